The van der Waals surface area contributed by atoms with Crippen molar-refractivity contribution in [3.8, 4) is 5.75 Å². The van der Waals surface area contributed by atoms with Gasteiger partial charge in [0.15, 0.2) is 0 Å². The van der Waals surface area contributed by atoms with Crippen molar-refractivity contribution in [2.45, 2.75) is 64.6 Å². The summed E-state index contributed by atoms with van der Waals surface area (Å²) in [5.74, 6) is 0.499. The lowest BCUT2D eigenvalue weighted by Gasteiger charge is -2.33. The van der Waals surface area contributed by atoms with Crippen molar-refractivity contribution in [3.63, 3.8) is 0 Å². The van der Waals surface area contributed by atoms with Gasteiger partial charge in [-0.2, -0.15) is 0 Å². The molecule has 3 rings (SSSR count). The van der Waals surface area contributed by atoms with Gasteiger partial charge in [-0.25, -0.2) is 0 Å². The number of hydrogen-bond acceptors (Lipinski definition) is 3. The third kappa shape index (κ3) is 7.20. The lowest BCUT2D eigenvalue weighted by atomic mass is 9.88. The van der Waals surface area contributed by atoms with Gasteiger partial charge in [0.25, 0.3) is 0 Å². The van der Waals surface area contributed by atoms with Crippen LogP contribution in [-0.4, -0.2) is 35.9 Å². The van der Waals surface area contributed by atoms with Crippen molar-refractivity contribution in [2.75, 3.05) is 7.11 Å². The molecule has 2 atom stereocenters. The summed E-state index contributed by atoms with van der Waals surface area (Å²) in [6.07, 6.45) is 1.64. The van der Waals surface area contributed by atoms with Crippen molar-refractivity contribution in [3.05, 3.63) is 102 Å². The van der Waals surface area contributed by atoms with E-state index in [1.54, 1.807) is 12.0 Å². The first-order chi connectivity index (χ1) is 17.5. The van der Waals surface area contributed by atoms with Gasteiger partial charge in [-0.05, 0) is 48.6 Å². The number of carbonyl (C=O) groups excluding carboxylic acids is 2. The second-order valence-electron chi connectivity index (χ2n) is 9.19. The van der Waals surface area contributed by atoms with Crippen LogP contribution in [0.25, 0.3) is 0 Å². The molecule has 0 aliphatic heterocycles. The number of nitrogens with one attached hydrogen (secondary N) is 1. The minimum atomic E-state index is -0.555. The van der Waals surface area contributed by atoms with E-state index < -0.39 is 6.04 Å². The number of nitrogens with zero attached hydrogens (tertiary/aromatic N) is 1. The van der Waals surface area contributed by atoms with Gasteiger partial charge in [-0.15, -0.1) is 0 Å². The topological polar surface area (TPSA) is 58.6 Å². The molecule has 0 unspecified atom stereocenters. The number of methoxy groups -OCH3 is 1. The van der Waals surface area contributed by atoms with Crippen molar-refractivity contribution in [2.24, 2.45) is 0 Å². The predicted octanol–water partition coefficient (Wildman–Crippen LogP) is 5.94. The van der Waals surface area contributed by atoms with E-state index in [0.29, 0.717) is 13.0 Å². The SMILES string of the molecule is CC[C@H](C)NC(=O)[C@H](CC)N(Cc1ccc(OC)cc1)C(=O)CC(c1ccccc1)c1ccccc1. The van der Waals surface area contributed by atoms with E-state index in [2.05, 4.69) is 29.6 Å². The average Bonchev–Trinajstić information content (AvgIpc) is 2.92. The van der Waals surface area contributed by atoms with Gasteiger partial charge in [0, 0.05) is 24.9 Å². The van der Waals surface area contributed by atoms with Crippen molar-refractivity contribution in [1.29, 1.82) is 0 Å². The standard InChI is InChI=1S/C31H38N2O3/c1-5-23(3)32-31(35)29(6-2)33(22-24-17-19-27(36-4)20-18-24)30(34)21-28(25-13-9-7-10-14-25)26-15-11-8-12-16-26/h7-20,23,28-29H,5-6,21-22H2,1-4H3,(H,32,35)/t23-,29-/m0/s1. The Kier molecular flexibility index (Phi) is 10.1. The number of amides is 2. The fourth-order valence-electron chi connectivity index (χ4n) is 4.38. The summed E-state index contributed by atoms with van der Waals surface area (Å²) in [6.45, 7) is 6.34. The van der Waals surface area contributed by atoms with Gasteiger partial charge in [-0.1, -0.05) is 86.6 Å². The Morgan fingerprint density at radius 2 is 1.39 bits per heavy atom. The lowest BCUT2D eigenvalue weighted by molar-refractivity contribution is -0.141. The third-order valence-corrected chi connectivity index (χ3v) is 6.68. The number of rotatable bonds is 12. The highest BCUT2D eigenvalue weighted by Crippen LogP contribution is 2.30. The zero-order chi connectivity index (χ0) is 25.9. The predicted molar refractivity (Wildman–Crippen MR) is 145 cm³/mol. The van der Waals surface area contributed by atoms with Crippen molar-refractivity contribution >= 4 is 11.8 Å². The maximum Gasteiger partial charge on any atom is 0.243 e. The van der Waals surface area contributed by atoms with E-state index in [1.807, 2.05) is 81.4 Å². The quantitative estimate of drug-likeness (QED) is 0.345. The molecule has 1 N–H and O–H groups in total. The molecular formula is C31H38N2O3. The van der Waals surface area contributed by atoms with Crippen LogP contribution < -0.4 is 10.1 Å². The molecule has 190 valence electrons. The van der Waals surface area contributed by atoms with E-state index >= 15 is 0 Å². The van der Waals surface area contributed by atoms with Gasteiger partial charge in [0.05, 0.1) is 7.11 Å². The molecule has 3 aromatic carbocycles. The molecule has 0 bridgehead atoms. The monoisotopic (exact) mass is 486 g/mol. The van der Waals surface area contributed by atoms with Gasteiger partial charge in [0.1, 0.15) is 11.8 Å². The first-order valence-corrected chi connectivity index (χ1v) is 12.8. The summed E-state index contributed by atoms with van der Waals surface area (Å²) >= 11 is 0. The summed E-state index contributed by atoms with van der Waals surface area (Å²) in [4.78, 5) is 29.0. The minimum absolute atomic E-state index is 0.0466. The summed E-state index contributed by atoms with van der Waals surface area (Å²) in [7, 11) is 1.63. The molecule has 36 heavy (non-hydrogen) atoms. The van der Waals surface area contributed by atoms with Crippen LogP contribution in [0.5, 0.6) is 5.75 Å². The van der Waals surface area contributed by atoms with E-state index in [9.17, 15) is 9.59 Å². The molecule has 0 heterocycles. The number of ether oxygens (including phenoxy) is 1. The zero-order valence-electron chi connectivity index (χ0n) is 21.8. The van der Waals surface area contributed by atoms with Crippen LogP contribution in [-0.2, 0) is 16.1 Å². The first-order valence-electron chi connectivity index (χ1n) is 12.8. The van der Waals surface area contributed by atoms with Gasteiger partial charge >= 0.3 is 0 Å². The van der Waals surface area contributed by atoms with E-state index in [1.165, 1.54) is 0 Å². The second-order valence-corrected chi connectivity index (χ2v) is 9.19. The molecule has 0 spiro atoms. The van der Waals surface area contributed by atoms with Gasteiger partial charge < -0.3 is 15.0 Å². The first kappa shape index (κ1) is 27.0. The largest absolute Gasteiger partial charge is 0.497 e. The molecule has 3 aromatic rings. The fourth-order valence-corrected chi connectivity index (χ4v) is 4.38. The van der Waals surface area contributed by atoms with E-state index in [0.717, 1.165) is 28.9 Å². The normalized spacial score (nSPS) is 12.6. The molecule has 2 amide bonds. The Hall–Kier alpha value is -3.60. The minimum Gasteiger partial charge on any atom is -0.497 e. The maximum atomic E-state index is 14.0. The Morgan fingerprint density at radius 1 is 0.833 bits per heavy atom. The summed E-state index contributed by atoms with van der Waals surface area (Å²) in [5.41, 5.74) is 3.12. The van der Waals surface area contributed by atoms with Crippen LogP contribution in [0.15, 0.2) is 84.9 Å². The summed E-state index contributed by atoms with van der Waals surface area (Å²) < 4.78 is 5.29. The third-order valence-electron chi connectivity index (χ3n) is 6.68. The highest BCUT2D eigenvalue weighted by molar-refractivity contribution is 5.88. The van der Waals surface area contributed by atoms with Crippen LogP contribution in [0.2, 0.25) is 0 Å². The molecule has 0 aliphatic rings. The smallest absolute Gasteiger partial charge is 0.243 e. The number of carbonyl (C=O) groups is 2. The van der Waals surface area contributed by atoms with Crippen LogP contribution >= 0.6 is 0 Å². The van der Waals surface area contributed by atoms with Crippen LogP contribution in [0.3, 0.4) is 0 Å². The van der Waals surface area contributed by atoms with Crippen LogP contribution in [0.4, 0.5) is 0 Å². The number of benzene rings is 3. The Labute approximate surface area is 215 Å². The molecule has 0 saturated carbocycles. The Bertz CT molecular complexity index is 1040. The molecule has 0 fully saturated rings. The molecule has 5 heteroatoms. The van der Waals surface area contributed by atoms with Gasteiger partial charge in [-0.3, -0.25) is 9.59 Å². The molecule has 5 nitrogen and oxygen atoms in total. The van der Waals surface area contributed by atoms with Crippen molar-refractivity contribution in [1.82, 2.24) is 10.2 Å². The molecule has 0 aromatic heterocycles. The lowest BCUT2D eigenvalue weighted by Crippen LogP contribution is -2.51. The molecular weight excluding hydrogens is 448 g/mol. The molecule has 0 saturated heterocycles. The Morgan fingerprint density at radius 3 is 1.86 bits per heavy atom. The average molecular weight is 487 g/mol. The Balaban J connectivity index is 1.94. The van der Waals surface area contributed by atoms with E-state index in [-0.39, 0.29) is 30.2 Å². The summed E-state index contributed by atoms with van der Waals surface area (Å²) in [5, 5.41) is 3.08. The fraction of sp³-hybridized carbons (Fsp3) is 0.355. The van der Waals surface area contributed by atoms with Crippen LogP contribution in [0.1, 0.15) is 62.6 Å². The summed E-state index contributed by atoms with van der Waals surface area (Å²) in [6, 6.07) is 27.4. The zero-order valence-corrected chi connectivity index (χ0v) is 21.8. The van der Waals surface area contributed by atoms with Crippen molar-refractivity contribution < 1.29 is 14.3 Å². The van der Waals surface area contributed by atoms with E-state index in [4.69, 9.17) is 4.74 Å². The highest BCUT2D eigenvalue weighted by atomic mass is 16.5. The number of hydrogen-bond donors (Lipinski definition) is 1. The second kappa shape index (κ2) is 13.5. The van der Waals surface area contributed by atoms with Gasteiger partial charge in [0.2, 0.25) is 11.8 Å². The maximum absolute atomic E-state index is 14.0. The highest BCUT2D eigenvalue weighted by Gasteiger charge is 2.31. The molecule has 0 aliphatic carbocycles. The van der Waals surface area contributed by atoms with Crippen LogP contribution in [0, 0.1) is 0 Å². The molecule has 0 radical (unpaired) electrons.